The molecule has 2 heterocycles. The van der Waals surface area contributed by atoms with E-state index < -0.39 is 0 Å². The first-order chi connectivity index (χ1) is 9.19. The lowest BCUT2D eigenvalue weighted by Crippen LogP contribution is -2.44. The van der Waals surface area contributed by atoms with Gasteiger partial charge in [-0.1, -0.05) is 11.3 Å². The Morgan fingerprint density at radius 3 is 2.84 bits per heavy atom. The molecular formula is C11H19N5O2S. The number of rotatable bonds is 4. The van der Waals surface area contributed by atoms with Gasteiger partial charge in [-0.05, 0) is 19.8 Å². The Kier molecular flexibility index (Phi) is 4.92. The van der Waals surface area contributed by atoms with Crippen LogP contribution in [0.3, 0.4) is 0 Å². The van der Waals surface area contributed by atoms with Crippen molar-refractivity contribution in [3.8, 4) is 0 Å². The second-order valence-electron chi connectivity index (χ2n) is 4.38. The Morgan fingerprint density at radius 2 is 2.26 bits per heavy atom. The summed E-state index contributed by atoms with van der Waals surface area (Å²) in [5.74, 6) is 0. The van der Waals surface area contributed by atoms with Crippen LogP contribution in [0.2, 0.25) is 0 Å². The summed E-state index contributed by atoms with van der Waals surface area (Å²) in [5.41, 5.74) is 5.53. The van der Waals surface area contributed by atoms with Crippen molar-refractivity contribution in [1.82, 2.24) is 20.4 Å². The van der Waals surface area contributed by atoms with Gasteiger partial charge in [-0.3, -0.25) is 0 Å². The van der Waals surface area contributed by atoms with Crippen LogP contribution >= 0.6 is 11.3 Å². The maximum absolute atomic E-state index is 11.5. The minimum absolute atomic E-state index is 0.210. The monoisotopic (exact) mass is 285 g/mol. The molecule has 1 aliphatic heterocycles. The number of hydrogen-bond acceptors (Lipinski definition) is 7. The Bertz CT molecular complexity index is 417. The van der Waals surface area contributed by atoms with Crippen molar-refractivity contribution in [2.24, 2.45) is 0 Å². The average molecular weight is 285 g/mol. The quantitative estimate of drug-likeness (QED) is 0.851. The lowest BCUT2D eigenvalue weighted by molar-refractivity contribution is 0.0950. The molecule has 7 nitrogen and oxygen atoms in total. The number of nitrogen functional groups attached to an aromatic ring is 1. The molecular weight excluding hydrogens is 266 g/mol. The van der Waals surface area contributed by atoms with Gasteiger partial charge in [-0.15, -0.1) is 10.2 Å². The number of carbonyl (C=O) groups excluding carboxylic acids is 1. The van der Waals surface area contributed by atoms with Gasteiger partial charge in [0.15, 0.2) is 0 Å². The van der Waals surface area contributed by atoms with E-state index in [9.17, 15) is 4.79 Å². The molecule has 1 fully saturated rings. The molecule has 0 saturated carbocycles. The third-order valence-electron chi connectivity index (χ3n) is 3.05. The zero-order chi connectivity index (χ0) is 13.7. The van der Waals surface area contributed by atoms with Crippen LogP contribution in [0.5, 0.6) is 0 Å². The molecule has 0 aromatic carbocycles. The summed E-state index contributed by atoms with van der Waals surface area (Å²) in [6.45, 7) is 4.39. The summed E-state index contributed by atoms with van der Waals surface area (Å²) >= 11 is 1.40. The Balaban J connectivity index is 1.70. The van der Waals surface area contributed by atoms with Crippen LogP contribution in [-0.2, 0) is 11.3 Å². The Morgan fingerprint density at radius 1 is 1.53 bits per heavy atom. The number of carbonyl (C=O) groups is 1. The van der Waals surface area contributed by atoms with Gasteiger partial charge in [0, 0.05) is 19.1 Å². The first-order valence-electron chi connectivity index (χ1n) is 6.42. The maximum atomic E-state index is 11.5. The first-order valence-corrected chi connectivity index (χ1v) is 7.23. The second-order valence-corrected chi connectivity index (χ2v) is 5.47. The summed E-state index contributed by atoms with van der Waals surface area (Å²) in [5, 5.41) is 12.5. The highest BCUT2D eigenvalue weighted by molar-refractivity contribution is 7.15. The molecule has 1 aromatic heterocycles. The summed E-state index contributed by atoms with van der Waals surface area (Å²) in [6.07, 6.45) is 1.64. The molecule has 106 valence electrons. The molecule has 0 unspecified atom stereocenters. The predicted octanol–water partition coefficient (Wildman–Crippen LogP) is 0.831. The number of ether oxygens (including phenoxy) is 1. The van der Waals surface area contributed by atoms with Gasteiger partial charge in [0.05, 0.1) is 13.2 Å². The third kappa shape index (κ3) is 4.03. The fraction of sp³-hybridized carbons (Fsp3) is 0.727. The standard InChI is InChI=1S/C11H19N5O2S/c1-2-18-11(17)16-5-3-8(4-6-16)13-7-9-14-15-10(12)19-9/h8,13H,2-7H2,1H3,(H2,12,15). The van der Waals surface area contributed by atoms with Crippen molar-refractivity contribution < 1.29 is 9.53 Å². The zero-order valence-corrected chi connectivity index (χ0v) is 11.8. The number of nitrogens with two attached hydrogens (primary N) is 1. The molecule has 1 aliphatic rings. The number of likely N-dealkylation sites (tertiary alicyclic amines) is 1. The molecule has 0 atom stereocenters. The van der Waals surface area contributed by atoms with Crippen molar-refractivity contribution >= 4 is 22.6 Å². The molecule has 2 rings (SSSR count). The van der Waals surface area contributed by atoms with Crippen LogP contribution in [0.1, 0.15) is 24.8 Å². The summed E-state index contributed by atoms with van der Waals surface area (Å²) in [4.78, 5) is 13.3. The van der Waals surface area contributed by atoms with E-state index in [4.69, 9.17) is 10.5 Å². The highest BCUT2D eigenvalue weighted by atomic mass is 32.1. The summed E-state index contributed by atoms with van der Waals surface area (Å²) in [7, 11) is 0. The van der Waals surface area contributed by atoms with Crippen molar-refractivity contribution in [3.63, 3.8) is 0 Å². The highest BCUT2D eigenvalue weighted by Gasteiger charge is 2.23. The molecule has 0 radical (unpaired) electrons. The van der Waals surface area contributed by atoms with Crippen LogP contribution in [0, 0.1) is 0 Å². The van der Waals surface area contributed by atoms with E-state index in [1.165, 1.54) is 11.3 Å². The van der Waals surface area contributed by atoms with Gasteiger partial charge in [-0.25, -0.2) is 4.79 Å². The van der Waals surface area contributed by atoms with E-state index >= 15 is 0 Å². The van der Waals surface area contributed by atoms with Crippen molar-refractivity contribution in [1.29, 1.82) is 0 Å². The van der Waals surface area contributed by atoms with Crippen molar-refractivity contribution in [2.45, 2.75) is 32.4 Å². The number of aromatic nitrogens is 2. The molecule has 0 aliphatic carbocycles. The Labute approximate surface area is 116 Å². The zero-order valence-electron chi connectivity index (χ0n) is 11.0. The summed E-state index contributed by atoms with van der Waals surface area (Å²) in [6, 6.07) is 0.399. The fourth-order valence-electron chi connectivity index (χ4n) is 2.05. The smallest absolute Gasteiger partial charge is 0.409 e. The van der Waals surface area contributed by atoms with Crippen LogP contribution in [0.25, 0.3) is 0 Å². The fourth-order valence-corrected chi connectivity index (χ4v) is 2.61. The number of nitrogens with one attached hydrogen (secondary N) is 1. The molecule has 19 heavy (non-hydrogen) atoms. The molecule has 0 bridgehead atoms. The lowest BCUT2D eigenvalue weighted by Gasteiger charge is -2.31. The summed E-state index contributed by atoms with van der Waals surface area (Å²) < 4.78 is 4.98. The molecule has 8 heteroatoms. The van der Waals surface area contributed by atoms with E-state index in [0.717, 1.165) is 30.9 Å². The van der Waals surface area contributed by atoms with Gasteiger partial charge in [0.1, 0.15) is 5.01 Å². The Hall–Kier alpha value is -1.41. The van der Waals surface area contributed by atoms with Gasteiger partial charge >= 0.3 is 6.09 Å². The van der Waals surface area contributed by atoms with E-state index in [-0.39, 0.29) is 6.09 Å². The SMILES string of the molecule is CCOC(=O)N1CCC(NCc2nnc(N)s2)CC1. The number of nitrogens with zero attached hydrogens (tertiary/aromatic N) is 3. The number of hydrogen-bond donors (Lipinski definition) is 2. The van der Waals surface area contributed by atoms with Crippen molar-refractivity contribution in [2.75, 3.05) is 25.4 Å². The molecule has 1 aromatic rings. The largest absolute Gasteiger partial charge is 0.450 e. The van der Waals surface area contributed by atoms with Gasteiger partial charge < -0.3 is 20.7 Å². The predicted molar refractivity (Wildman–Crippen MR) is 72.8 cm³/mol. The molecule has 0 spiro atoms. The van der Waals surface area contributed by atoms with E-state index in [0.29, 0.717) is 24.3 Å². The maximum Gasteiger partial charge on any atom is 0.409 e. The van der Waals surface area contributed by atoms with Gasteiger partial charge in [0.2, 0.25) is 5.13 Å². The van der Waals surface area contributed by atoms with E-state index in [2.05, 4.69) is 15.5 Å². The lowest BCUT2D eigenvalue weighted by atomic mass is 10.1. The van der Waals surface area contributed by atoms with Crippen LogP contribution < -0.4 is 11.1 Å². The topological polar surface area (TPSA) is 93.4 Å². The highest BCUT2D eigenvalue weighted by Crippen LogP contribution is 2.14. The average Bonchev–Trinajstić information content (AvgIpc) is 2.83. The molecule has 1 amide bonds. The van der Waals surface area contributed by atoms with E-state index in [1.54, 1.807) is 4.90 Å². The molecule has 3 N–H and O–H groups in total. The van der Waals surface area contributed by atoms with Gasteiger partial charge in [-0.2, -0.15) is 0 Å². The minimum atomic E-state index is -0.210. The number of anilines is 1. The minimum Gasteiger partial charge on any atom is -0.450 e. The number of piperidine rings is 1. The van der Waals surface area contributed by atoms with Crippen molar-refractivity contribution in [3.05, 3.63) is 5.01 Å². The third-order valence-corrected chi connectivity index (χ3v) is 3.80. The second kappa shape index (κ2) is 6.67. The van der Waals surface area contributed by atoms with E-state index in [1.807, 2.05) is 6.92 Å². The van der Waals surface area contributed by atoms with Crippen LogP contribution in [-0.4, -0.2) is 46.9 Å². The van der Waals surface area contributed by atoms with Crippen LogP contribution in [0.15, 0.2) is 0 Å². The molecule has 1 saturated heterocycles. The first kappa shape index (κ1) is 14.0. The number of amides is 1. The normalized spacial score (nSPS) is 16.6. The van der Waals surface area contributed by atoms with Crippen LogP contribution in [0.4, 0.5) is 9.93 Å². The van der Waals surface area contributed by atoms with Gasteiger partial charge in [0.25, 0.3) is 0 Å².